The van der Waals surface area contributed by atoms with Crippen molar-refractivity contribution >= 4 is 17.7 Å². The summed E-state index contributed by atoms with van der Waals surface area (Å²) in [4.78, 5) is 13.6. The average molecular weight is 255 g/mol. The van der Waals surface area contributed by atoms with Crippen LogP contribution in [0.4, 0.5) is 0 Å². The van der Waals surface area contributed by atoms with Crippen molar-refractivity contribution in [2.24, 2.45) is 0 Å². The van der Waals surface area contributed by atoms with E-state index in [2.05, 4.69) is 0 Å². The Morgan fingerprint density at radius 1 is 1.53 bits per heavy atom. The number of aromatic hydroxyl groups is 1. The summed E-state index contributed by atoms with van der Waals surface area (Å²) in [7, 11) is 3.18. The lowest BCUT2D eigenvalue weighted by Crippen LogP contribution is -2.28. The van der Waals surface area contributed by atoms with Gasteiger partial charge in [0.05, 0.1) is 12.7 Å². The molecule has 1 aromatic rings. The number of nitrogens with zero attached hydrogens (tertiary/aromatic N) is 1. The summed E-state index contributed by atoms with van der Waals surface area (Å²) in [5.74, 6) is 0.882. The fraction of sp³-hybridized carbons (Fsp3) is 0.417. The predicted octanol–water partition coefficient (Wildman–Crippen LogP) is 1.84. The molecule has 0 fully saturated rings. The van der Waals surface area contributed by atoms with Crippen molar-refractivity contribution in [1.82, 2.24) is 4.90 Å². The standard InChI is InChI=1S/C12H17NO3S/c1-13(7-8-17-3)12(15)9-5-4-6-10(16-2)11(9)14/h4-6,14H,7-8H2,1-3H3. The molecule has 4 nitrogen and oxygen atoms in total. The molecule has 0 saturated carbocycles. The predicted molar refractivity (Wildman–Crippen MR) is 70.0 cm³/mol. The van der Waals surface area contributed by atoms with Gasteiger partial charge in [-0.15, -0.1) is 0 Å². The van der Waals surface area contributed by atoms with E-state index >= 15 is 0 Å². The number of carbonyl (C=O) groups excluding carboxylic acids is 1. The molecule has 1 aromatic carbocycles. The molecule has 0 aliphatic rings. The number of ether oxygens (including phenoxy) is 1. The van der Waals surface area contributed by atoms with E-state index in [1.54, 1.807) is 41.9 Å². The SMILES string of the molecule is COc1cccc(C(=O)N(C)CCSC)c1O. The molecule has 1 N–H and O–H groups in total. The minimum Gasteiger partial charge on any atom is -0.504 e. The van der Waals surface area contributed by atoms with Gasteiger partial charge in [0.1, 0.15) is 0 Å². The Morgan fingerprint density at radius 2 is 2.24 bits per heavy atom. The zero-order valence-electron chi connectivity index (χ0n) is 10.3. The third kappa shape index (κ3) is 3.30. The van der Waals surface area contributed by atoms with E-state index in [1.807, 2.05) is 6.26 Å². The molecule has 0 aliphatic heterocycles. The number of rotatable bonds is 5. The van der Waals surface area contributed by atoms with E-state index in [0.717, 1.165) is 5.75 Å². The second-order valence-corrected chi connectivity index (χ2v) is 4.56. The van der Waals surface area contributed by atoms with Crippen LogP contribution in [0.1, 0.15) is 10.4 Å². The largest absolute Gasteiger partial charge is 0.504 e. The van der Waals surface area contributed by atoms with Gasteiger partial charge >= 0.3 is 0 Å². The molecule has 0 unspecified atom stereocenters. The summed E-state index contributed by atoms with van der Waals surface area (Å²) >= 11 is 1.67. The van der Waals surface area contributed by atoms with E-state index in [4.69, 9.17) is 4.74 Å². The monoisotopic (exact) mass is 255 g/mol. The second-order valence-electron chi connectivity index (χ2n) is 3.58. The highest BCUT2D eigenvalue weighted by atomic mass is 32.2. The van der Waals surface area contributed by atoms with Crippen LogP contribution in [0, 0.1) is 0 Å². The molecular weight excluding hydrogens is 238 g/mol. The van der Waals surface area contributed by atoms with Gasteiger partial charge in [0.2, 0.25) is 0 Å². The summed E-state index contributed by atoms with van der Waals surface area (Å²) in [6, 6.07) is 4.90. The summed E-state index contributed by atoms with van der Waals surface area (Å²) in [5, 5.41) is 9.86. The molecule has 0 saturated heterocycles. The molecule has 0 radical (unpaired) electrons. The molecule has 1 rings (SSSR count). The Bertz CT molecular complexity index is 395. The first-order valence-electron chi connectivity index (χ1n) is 5.22. The van der Waals surface area contributed by atoms with Crippen LogP contribution < -0.4 is 4.74 Å². The molecule has 0 aliphatic carbocycles. The third-order valence-corrected chi connectivity index (χ3v) is 3.02. The van der Waals surface area contributed by atoms with Crippen LogP contribution in [0.5, 0.6) is 11.5 Å². The second kappa shape index (κ2) is 6.39. The van der Waals surface area contributed by atoms with Crippen molar-refractivity contribution in [1.29, 1.82) is 0 Å². The van der Waals surface area contributed by atoms with Crippen molar-refractivity contribution in [2.45, 2.75) is 0 Å². The summed E-state index contributed by atoms with van der Waals surface area (Å²) < 4.78 is 4.97. The number of para-hydroxylation sites is 1. The van der Waals surface area contributed by atoms with E-state index in [9.17, 15) is 9.90 Å². The van der Waals surface area contributed by atoms with E-state index in [0.29, 0.717) is 12.3 Å². The number of phenolic OH excluding ortho intramolecular Hbond substituents is 1. The maximum atomic E-state index is 12.0. The summed E-state index contributed by atoms with van der Waals surface area (Å²) in [6.07, 6.45) is 1.99. The van der Waals surface area contributed by atoms with Gasteiger partial charge in [-0.3, -0.25) is 4.79 Å². The van der Waals surface area contributed by atoms with Crippen molar-refractivity contribution in [3.8, 4) is 11.5 Å². The number of methoxy groups -OCH3 is 1. The highest BCUT2D eigenvalue weighted by Crippen LogP contribution is 2.29. The number of phenols is 1. The highest BCUT2D eigenvalue weighted by molar-refractivity contribution is 7.98. The Morgan fingerprint density at radius 3 is 2.82 bits per heavy atom. The molecule has 0 heterocycles. The molecule has 0 bridgehead atoms. The van der Waals surface area contributed by atoms with Gasteiger partial charge < -0.3 is 14.7 Å². The van der Waals surface area contributed by atoms with Crippen molar-refractivity contribution in [3.63, 3.8) is 0 Å². The van der Waals surface area contributed by atoms with Gasteiger partial charge in [-0.1, -0.05) is 6.07 Å². The fourth-order valence-electron chi connectivity index (χ4n) is 1.40. The highest BCUT2D eigenvalue weighted by Gasteiger charge is 2.17. The molecule has 5 heteroatoms. The van der Waals surface area contributed by atoms with Crippen molar-refractivity contribution < 1.29 is 14.6 Å². The number of hydrogen-bond acceptors (Lipinski definition) is 4. The quantitative estimate of drug-likeness (QED) is 0.872. The molecule has 0 atom stereocenters. The Balaban J connectivity index is 2.88. The molecule has 17 heavy (non-hydrogen) atoms. The van der Waals surface area contributed by atoms with Gasteiger partial charge in [-0.05, 0) is 18.4 Å². The first-order valence-corrected chi connectivity index (χ1v) is 6.61. The van der Waals surface area contributed by atoms with Crippen LogP contribution in [0.15, 0.2) is 18.2 Å². The maximum absolute atomic E-state index is 12.0. The summed E-state index contributed by atoms with van der Waals surface area (Å²) in [5.41, 5.74) is 0.271. The molecular formula is C12H17NO3S. The Labute approximate surface area is 106 Å². The number of hydrogen-bond donors (Lipinski definition) is 1. The normalized spacial score (nSPS) is 10.1. The first kappa shape index (κ1) is 13.7. The van der Waals surface area contributed by atoms with Gasteiger partial charge in [-0.2, -0.15) is 11.8 Å². The smallest absolute Gasteiger partial charge is 0.257 e. The van der Waals surface area contributed by atoms with Crippen molar-refractivity contribution in [3.05, 3.63) is 23.8 Å². The van der Waals surface area contributed by atoms with Crippen LogP contribution >= 0.6 is 11.8 Å². The lowest BCUT2D eigenvalue weighted by Gasteiger charge is -2.17. The van der Waals surface area contributed by atoms with Crippen LogP contribution in [0.2, 0.25) is 0 Å². The number of carbonyl (C=O) groups is 1. The fourth-order valence-corrected chi connectivity index (χ4v) is 1.85. The minimum atomic E-state index is -0.199. The zero-order chi connectivity index (χ0) is 12.8. The minimum absolute atomic E-state index is 0.101. The van der Waals surface area contributed by atoms with Crippen LogP contribution in [-0.4, -0.2) is 48.6 Å². The van der Waals surface area contributed by atoms with Gasteiger partial charge in [0.15, 0.2) is 11.5 Å². The molecule has 1 amide bonds. The Kier molecular flexibility index (Phi) is 5.15. The van der Waals surface area contributed by atoms with Crippen LogP contribution in [-0.2, 0) is 0 Å². The van der Waals surface area contributed by atoms with Crippen LogP contribution in [0.3, 0.4) is 0 Å². The van der Waals surface area contributed by atoms with E-state index in [-0.39, 0.29) is 17.2 Å². The van der Waals surface area contributed by atoms with E-state index < -0.39 is 0 Å². The average Bonchev–Trinajstić information content (AvgIpc) is 2.35. The third-order valence-electron chi connectivity index (χ3n) is 2.43. The first-order chi connectivity index (χ1) is 8.11. The molecule has 94 valence electrons. The van der Waals surface area contributed by atoms with Gasteiger partial charge in [-0.25, -0.2) is 0 Å². The number of amides is 1. The lowest BCUT2D eigenvalue weighted by atomic mass is 10.1. The van der Waals surface area contributed by atoms with Crippen molar-refractivity contribution in [2.75, 3.05) is 32.7 Å². The van der Waals surface area contributed by atoms with E-state index in [1.165, 1.54) is 7.11 Å². The zero-order valence-corrected chi connectivity index (χ0v) is 11.1. The maximum Gasteiger partial charge on any atom is 0.257 e. The number of thioether (sulfide) groups is 1. The van der Waals surface area contributed by atoms with Gasteiger partial charge in [0.25, 0.3) is 5.91 Å². The lowest BCUT2D eigenvalue weighted by molar-refractivity contribution is 0.0800. The summed E-state index contributed by atoms with van der Waals surface area (Å²) in [6.45, 7) is 0.649. The topological polar surface area (TPSA) is 49.8 Å². The van der Waals surface area contributed by atoms with Crippen LogP contribution in [0.25, 0.3) is 0 Å². The Hall–Kier alpha value is -1.36. The molecule has 0 spiro atoms. The van der Waals surface area contributed by atoms with Gasteiger partial charge in [0, 0.05) is 19.3 Å². The molecule has 0 aromatic heterocycles. The number of benzene rings is 1.